The summed E-state index contributed by atoms with van der Waals surface area (Å²) in [5.74, 6) is 0. The van der Waals surface area contributed by atoms with E-state index >= 15 is 0 Å². The maximum atomic E-state index is 2.69. The fraction of sp³-hybridized carbons (Fsp3) is 0.122. The van der Waals surface area contributed by atoms with Gasteiger partial charge in [0.15, 0.2) is 0 Å². The molecule has 0 bridgehead atoms. The number of fused-ring (bicyclic) bond motifs is 16. The molecule has 0 spiro atoms. The minimum Gasteiger partial charge on any atom is -0.309 e. The SMILES string of the molecule is CC(C)(C)C1(C2(C(C)(C)C)c3ccc4ccccc4c3-c3c2cc(N(c2ccccc2)c2cccc4ccccc24)c2ccccc32)c2ccc3ccccc3c2-c2c1cc(N(c1ccccc1)c1cccc3ccccc13)c1ccccc21. The molecule has 0 heterocycles. The molecule has 0 radical (unpaired) electrons. The minimum atomic E-state index is -0.772. The molecule has 2 nitrogen and oxygen atoms in total. The van der Waals surface area contributed by atoms with E-state index in [1.165, 1.54) is 109 Å². The van der Waals surface area contributed by atoms with Crippen LogP contribution in [0.4, 0.5) is 34.1 Å². The third-order valence-electron chi connectivity index (χ3n) is 19.4. The molecule has 0 aromatic heterocycles. The summed E-state index contributed by atoms with van der Waals surface area (Å²) in [6, 6.07) is 106. The first kappa shape index (κ1) is 50.0. The summed E-state index contributed by atoms with van der Waals surface area (Å²) in [5.41, 5.74) is 15.1. The van der Waals surface area contributed by atoms with Crippen LogP contribution in [0.1, 0.15) is 63.8 Å². The summed E-state index contributed by atoms with van der Waals surface area (Å²) in [4.78, 5) is 5.14. The highest BCUT2D eigenvalue weighted by molar-refractivity contribution is 6.20. The number of benzene rings is 14. The Labute approximate surface area is 492 Å². The van der Waals surface area contributed by atoms with Gasteiger partial charge in [-0.15, -0.1) is 0 Å². The number of hydrogen-bond donors (Lipinski definition) is 0. The van der Waals surface area contributed by atoms with E-state index in [0.29, 0.717) is 0 Å². The van der Waals surface area contributed by atoms with Gasteiger partial charge in [-0.25, -0.2) is 0 Å². The Morgan fingerprint density at radius 2 is 0.512 bits per heavy atom. The van der Waals surface area contributed by atoms with Crippen molar-refractivity contribution in [3.63, 3.8) is 0 Å². The number of anilines is 6. The van der Waals surface area contributed by atoms with Gasteiger partial charge in [-0.3, -0.25) is 0 Å². The summed E-state index contributed by atoms with van der Waals surface area (Å²) in [7, 11) is 0. The lowest BCUT2D eigenvalue weighted by Crippen LogP contribution is -2.62. The van der Waals surface area contributed by atoms with Crippen molar-refractivity contribution in [3.05, 3.63) is 301 Å². The zero-order chi connectivity index (χ0) is 56.7. The Hall–Kier alpha value is -9.76. The quantitative estimate of drug-likeness (QED) is 0.157. The van der Waals surface area contributed by atoms with Crippen molar-refractivity contribution in [1.29, 1.82) is 0 Å². The molecule has 0 saturated heterocycles. The van der Waals surface area contributed by atoms with Gasteiger partial charge in [-0.2, -0.15) is 0 Å². The Kier molecular flexibility index (Phi) is 10.9. The van der Waals surface area contributed by atoms with Crippen LogP contribution >= 0.6 is 0 Å². The second-order valence-corrected chi connectivity index (χ2v) is 25.5. The maximum absolute atomic E-state index is 2.69. The average molecular weight is 1080 g/mol. The Morgan fingerprint density at radius 3 is 0.881 bits per heavy atom. The molecule has 2 unspecified atom stereocenters. The second kappa shape index (κ2) is 18.4. The Bertz CT molecular complexity index is 4670. The molecule has 0 saturated carbocycles. The van der Waals surface area contributed by atoms with Gasteiger partial charge in [0.1, 0.15) is 0 Å². The molecule has 16 rings (SSSR count). The van der Waals surface area contributed by atoms with E-state index in [9.17, 15) is 0 Å². The van der Waals surface area contributed by atoms with Crippen molar-refractivity contribution in [3.8, 4) is 22.3 Å². The molecule has 14 aromatic carbocycles. The van der Waals surface area contributed by atoms with Crippen LogP contribution in [0, 0.1) is 10.8 Å². The first-order chi connectivity index (χ1) is 41.0. The smallest absolute Gasteiger partial charge is 0.0543 e. The lowest BCUT2D eigenvalue weighted by atomic mass is 9.39. The van der Waals surface area contributed by atoms with Gasteiger partial charge in [0.2, 0.25) is 0 Å². The lowest BCUT2D eigenvalue weighted by Gasteiger charge is -2.62. The second-order valence-electron chi connectivity index (χ2n) is 25.5. The van der Waals surface area contributed by atoms with Gasteiger partial charge in [0.05, 0.1) is 22.7 Å². The first-order valence-electron chi connectivity index (χ1n) is 29.8. The number of nitrogens with zero attached hydrogens (tertiary/aromatic N) is 2. The highest BCUT2D eigenvalue weighted by Gasteiger charge is 2.71. The van der Waals surface area contributed by atoms with Crippen LogP contribution in [0.25, 0.3) is 86.9 Å². The molecule has 84 heavy (non-hydrogen) atoms. The molecule has 0 amide bonds. The van der Waals surface area contributed by atoms with Gasteiger partial charge in [-0.1, -0.05) is 272 Å². The van der Waals surface area contributed by atoms with Crippen LogP contribution in [0.15, 0.2) is 279 Å². The Balaban J connectivity index is 1.15. The van der Waals surface area contributed by atoms with E-state index in [1.54, 1.807) is 0 Å². The molecule has 0 N–H and O–H groups in total. The summed E-state index contributed by atoms with van der Waals surface area (Å²) >= 11 is 0. The predicted octanol–water partition coefficient (Wildman–Crippen LogP) is 22.9. The van der Waals surface area contributed by atoms with Crippen molar-refractivity contribution in [2.24, 2.45) is 10.8 Å². The van der Waals surface area contributed by atoms with Crippen molar-refractivity contribution >= 4 is 98.8 Å². The zero-order valence-corrected chi connectivity index (χ0v) is 48.5. The van der Waals surface area contributed by atoms with Gasteiger partial charge < -0.3 is 9.80 Å². The van der Waals surface area contributed by atoms with Crippen LogP contribution < -0.4 is 9.80 Å². The van der Waals surface area contributed by atoms with E-state index < -0.39 is 21.7 Å². The largest absolute Gasteiger partial charge is 0.309 e. The van der Waals surface area contributed by atoms with E-state index in [0.717, 1.165) is 34.1 Å². The molecule has 402 valence electrons. The van der Waals surface area contributed by atoms with Gasteiger partial charge >= 0.3 is 0 Å². The van der Waals surface area contributed by atoms with Crippen molar-refractivity contribution in [2.75, 3.05) is 9.80 Å². The van der Waals surface area contributed by atoms with Crippen molar-refractivity contribution in [2.45, 2.75) is 52.4 Å². The van der Waals surface area contributed by atoms with Crippen LogP contribution in [-0.4, -0.2) is 0 Å². The third kappa shape index (κ3) is 6.74. The molecule has 2 aliphatic rings. The molecule has 14 aromatic rings. The standard InChI is InChI=1S/C82H64N2/c1-79(2,3)81(67-49-47-55-29-15-19-39-61(55)75(67)77-65-43-23-21-41-63(65)73(51-69(77)81)83(57-33-9-7-10-34-57)71-45-25-31-53-27-13-17-37-59(53)71)82(80(4,5)6)68-50-48-56-30-16-20-40-62(56)76(68)78-66-44-24-22-42-64(66)74(52-70(78)82)84(58-35-11-8-12-36-58)72-46-26-32-54-28-14-18-38-60(54)72/h7-52H,1-6H3. The van der Waals surface area contributed by atoms with Gasteiger partial charge in [0.25, 0.3) is 0 Å². The normalized spacial score (nSPS) is 16.3. The third-order valence-corrected chi connectivity index (χ3v) is 19.4. The fourth-order valence-electron chi connectivity index (χ4n) is 16.5. The molecule has 0 aliphatic heterocycles. The molecule has 2 heteroatoms. The molecular formula is C82H64N2. The summed E-state index contributed by atoms with van der Waals surface area (Å²) < 4.78 is 0. The predicted molar refractivity (Wildman–Crippen MR) is 359 cm³/mol. The van der Waals surface area contributed by atoms with Gasteiger partial charge in [0, 0.05) is 43.7 Å². The summed E-state index contributed by atoms with van der Waals surface area (Å²) in [6.45, 7) is 15.4. The number of rotatable bonds is 7. The summed E-state index contributed by atoms with van der Waals surface area (Å²) in [5, 5.41) is 14.8. The van der Waals surface area contributed by atoms with Crippen molar-refractivity contribution in [1.82, 2.24) is 0 Å². The van der Waals surface area contributed by atoms with Gasteiger partial charge in [-0.05, 0) is 147 Å². The summed E-state index contributed by atoms with van der Waals surface area (Å²) in [6.07, 6.45) is 0. The van der Waals surface area contributed by atoms with Crippen molar-refractivity contribution < 1.29 is 0 Å². The number of hydrogen-bond acceptors (Lipinski definition) is 2. The first-order valence-corrected chi connectivity index (χ1v) is 29.8. The number of para-hydroxylation sites is 2. The van der Waals surface area contributed by atoms with Crippen LogP contribution in [0.2, 0.25) is 0 Å². The fourth-order valence-corrected chi connectivity index (χ4v) is 16.5. The monoisotopic (exact) mass is 1080 g/mol. The van der Waals surface area contributed by atoms with E-state index in [2.05, 4.69) is 330 Å². The van der Waals surface area contributed by atoms with E-state index in [1.807, 2.05) is 0 Å². The highest BCUT2D eigenvalue weighted by atomic mass is 15.2. The topological polar surface area (TPSA) is 6.48 Å². The zero-order valence-electron chi connectivity index (χ0n) is 48.5. The molecule has 2 aliphatic carbocycles. The van der Waals surface area contributed by atoms with E-state index in [4.69, 9.17) is 0 Å². The van der Waals surface area contributed by atoms with E-state index in [-0.39, 0.29) is 0 Å². The van der Waals surface area contributed by atoms with Crippen LogP contribution in [0.3, 0.4) is 0 Å². The molecular weight excluding hydrogens is 1010 g/mol. The Morgan fingerprint density at radius 1 is 0.226 bits per heavy atom. The van der Waals surface area contributed by atoms with Crippen LogP contribution in [-0.2, 0) is 10.8 Å². The lowest BCUT2D eigenvalue weighted by molar-refractivity contribution is 0.0596. The minimum absolute atomic E-state index is 0.468. The highest BCUT2D eigenvalue weighted by Crippen LogP contribution is 2.77. The maximum Gasteiger partial charge on any atom is 0.0543 e. The molecule has 0 fully saturated rings. The average Bonchev–Trinajstić information content (AvgIpc) is 1.44. The molecule has 2 atom stereocenters. The van der Waals surface area contributed by atoms with Crippen LogP contribution in [0.5, 0.6) is 0 Å².